The number of rotatable bonds is 4. The molecule has 0 aliphatic rings. The first-order valence-corrected chi connectivity index (χ1v) is 8.21. The lowest BCUT2D eigenvalue weighted by atomic mass is 10.1. The van der Waals surface area contributed by atoms with E-state index in [9.17, 15) is 10.2 Å². The number of aryl methyl sites for hydroxylation is 2. The number of benzene rings is 1. The van der Waals surface area contributed by atoms with Crippen molar-refractivity contribution in [2.45, 2.75) is 20.8 Å². The van der Waals surface area contributed by atoms with Crippen molar-refractivity contribution in [3.05, 3.63) is 34.6 Å². The van der Waals surface area contributed by atoms with Gasteiger partial charge in [-0.15, -0.1) is 15.3 Å². The van der Waals surface area contributed by atoms with Crippen LogP contribution in [0.3, 0.4) is 0 Å². The number of azo groups is 2. The number of hydrogen-bond donors (Lipinski definition) is 2. The minimum absolute atomic E-state index is 0.0287. The molecule has 0 atom stereocenters. The van der Waals surface area contributed by atoms with Gasteiger partial charge < -0.3 is 14.7 Å². The van der Waals surface area contributed by atoms with Crippen molar-refractivity contribution >= 4 is 39.6 Å². The van der Waals surface area contributed by atoms with Crippen molar-refractivity contribution in [3.63, 3.8) is 0 Å². The van der Waals surface area contributed by atoms with E-state index < -0.39 is 0 Å². The second-order valence-corrected chi connectivity index (χ2v) is 6.05. The summed E-state index contributed by atoms with van der Waals surface area (Å²) in [6.45, 7) is 12.0. The monoisotopic (exact) mass is 384 g/mol. The Balaban J connectivity index is 1.98. The molecule has 27 heavy (non-hydrogen) atoms. The lowest BCUT2D eigenvalue weighted by molar-refractivity contribution is 0.420. The molecule has 0 radical (unpaired) electrons. The van der Waals surface area contributed by atoms with Crippen LogP contribution in [-0.4, -0.2) is 24.7 Å². The van der Waals surface area contributed by atoms with Crippen LogP contribution in [0.2, 0.25) is 0 Å². The third-order valence-electron chi connectivity index (χ3n) is 3.40. The van der Waals surface area contributed by atoms with Crippen molar-refractivity contribution in [3.8, 4) is 11.5 Å². The maximum atomic E-state index is 10.2. The van der Waals surface area contributed by atoms with Crippen LogP contribution in [-0.2, 0) is 0 Å². The molecule has 2 aromatic heterocycles. The molecule has 0 saturated heterocycles. The van der Waals surface area contributed by atoms with Crippen molar-refractivity contribution in [2.75, 3.05) is 0 Å². The minimum atomic E-state index is -0.276. The lowest BCUT2D eigenvalue weighted by Gasteiger charge is -2.06. The van der Waals surface area contributed by atoms with Crippen molar-refractivity contribution in [1.29, 1.82) is 0 Å². The SMILES string of the molecule is [C-]#[N+]c1c(C)nsc1N=Nc1cc(N=Nc2nc(C)no2)c(O)c(C)c1O. The minimum Gasteiger partial charge on any atom is -0.505 e. The predicted molar refractivity (Wildman–Crippen MR) is 95.0 cm³/mol. The first-order chi connectivity index (χ1) is 12.9. The van der Waals surface area contributed by atoms with E-state index in [2.05, 4.69) is 39.8 Å². The van der Waals surface area contributed by atoms with Gasteiger partial charge in [-0.1, -0.05) is 10.3 Å². The molecule has 0 fully saturated rings. The van der Waals surface area contributed by atoms with Crippen LogP contribution >= 0.6 is 11.5 Å². The van der Waals surface area contributed by atoms with Gasteiger partial charge in [-0.05, 0) is 32.3 Å². The summed E-state index contributed by atoms with van der Waals surface area (Å²) in [4.78, 5) is 7.23. The molecule has 0 amide bonds. The second-order valence-electron chi connectivity index (χ2n) is 5.29. The van der Waals surface area contributed by atoms with E-state index in [0.717, 1.165) is 11.5 Å². The van der Waals surface area contributed by atoms with Gasteiger partial charge in [0.25, 0.3) is 0 Å². The molecule has 0 aliphatic carbocycles. The van der Waals surface area contributed by atoms with E-state index in [-0.39, 0.29) is 34.5 Å². The van der Waals surface area contributed by atoms with Crippen LogP contribution in [0.4, 0.5) is 28.1 Å². The Labute approximate surface area is 156 Å². The smallest absolute Gasteiger partial charge is 0.366 e. The van der Waals surface area contributed by atoms with Gasteiger partial charge in [0, 0.05) is 11.6 Å². The van der Waals surface area contributed by atoms with E-state index in [1.165, 1.54) is 13.0 Å². The third-order valence-corrected chi connectivity index (χ3v) is 4.22. The van der Waals surface area contributed by atoms with Crippen LogP contribution in [0, 0.1) is 27.3 Å². The molecule has 11 nitrogen and oxygen atoms in total. The van der Waals surface area contributed by atoms with E-state index in [0.29, 0.717) is 22.2 Å². The zero-order valence-corrected chi connectivity index (χ0v) is 15.2. The third kappa shape index (κ3) is 3.62. The highest BCUT2D eigenvalue weighted by Gasteiger charge is 2.16. The highest BCUT2D eigenvalue weighted by atomic mass is 32.1. The molecule has 3 rings (SSSR count). The molecule has 0 saturated carbocycles. The average molecular weight is 384 g/mol. The van der Waals surface area contributed by atoms with Crippen LogP contribution in [0.25, 0.3) is 4.85 Å². The lowest BCUT2D eigenvalue weighted by Crippen LogP contribution is -1.79. The normalized spacial score (nSPS) is 11.5. The molecule has 0 aliphatic heterocycles. The zero-order valence-electron chi connectivity index (χ0n) is 14.4. The summed E-state index contributed by atoms with van der Waals surface area (Å²) in [5, 5.41) is 39.8. The Morgan fingerprint density at radius 3 is 2.33 bits per heavy atom. The first-order valence-electron chi connectivity index (χ1n) is 7.43. The van der Waals surface area contributed by atoms with E-state index in [4.69, 9.17) is 11.1 Å². The molecule has 136 valence electrons. The molecule has 0 unspecified atom stereocenters. The number of hydrogen-bond acceptors (Lipinski definition) is 11. The fourth-order valence-electron chi connectivity index (χ4n) is 1.98. The molecule has 2 heterocycles. The van der Waals surface area contributed by atoms with Gasteiger partial charge in [0.1, 0.15) is 22.9 Å². The van der Waals surface area contributed by atoms with Gasteiger partial charge in [-0.2, -0.15) is 4.98 Å². The number of nitrogens with zero attached hydrogens (tertiary/aromatic N) is 8. The van der Waals surface area contributed by atoms with Crippen LogP contribution in [0.5, 0.6) is 11.5 Å². The standard InChI is InChI=1S/C15H12N8O3S/c1-6-12(24)9(18-20-14-11(16-4)7(2)23-27-14)5-10(13(6)25)19-21-15-17-8(3)22-26-15/h5,24-25H,1-3H3. The van der Waals surface area contributed by atoms with Gasteiger partial charge >= 0.3 is 6.01 Å². The quantitative estimate of drug-likeness (QED) is 0.464. The summed E-state index contributed by atoms with van der Waals surface area (Å²) < 4.78 is 8.87. The van der Waals surface area contributed by atoms with Crippen molar-refractivity contribution in [1.82, 2.24) is 14.5 Å². The Hall–Kier alpha value is -3.72. The summed E-state index contributed by atoms with van der Waals surface area (Å²) in [6.07, 6.45) is 0. The van der Waals surface area contributed by atoms with Gasteiger partial charge in [-0.3, -0.25) is 0 Å². The highest BCUT2D eigenvalue weighted by Crippen LogP contribution is 2.44. The second kappa shape index (κ2) is 7.26. The van der Waals surface area contributed by atoms with Crippen LogP contribution < -0.4 is 0 Å². The predicted octanol–water partition coefficient (Wildman–Crippen LogP) is 5.24. The Kier molecular flexibility index (Phi) is 4.86. The van der Waals surface area contributed by atoms with Crippen molar-refractivity contribution in [2.24, 2.45) is 20.5 Å². The summed E-state index contributed by atoms with van der Waals surface area (Å²) >= 11 is 1.02. The van der Waals surface area contributed by atoms with Crippen molar-refractivity contribution < 1.29 is 14.7 Å². The van der Waals surface area contributed by atoms with Crippen LogP contribution in [0.15, 0.2) is 31.0 Å². The zero-order chi connectivity index (χ0) is 19.6. The fourth-order valence-corrected chi connectivity index (χ4v) is 2.65. The summed E-state index contributed by atoms with van der Waals surface area (Å²) in [7, 11) is 0. The molecule has 12 heteroatoms. The maximum absolute atomic E-state index is 10.2. The first kappa shape index (κ1) is 18.1. The molecular weight excluding hydrogens is 372 g/mol. The average Bonchev–Trinajstić information content (AvgIpc) is 3.23. The Morgan fingerprint density at radius 1 is 1.07 bits per heavy atom. The summed E-state index contributed by atoms with van der Waals surface area (Å²) in [5.74, 6) is -0.156. The van der Waals surface area contributed by atoms with Gasteiger partial charge in [0.05, 0.1) is 12.3 Å². The summed E-state index contributed by atoms with van der Waals surface area (Å²) in [5.41, 5.74) is 1.07. The van der Waals surface area contributed by atoms with Crippen LogP contribution in [0.1, 0.15) is 17.1 Å². The fraction of sp³-hybridized carbons (Fsp3) is 0.200. The highest BCUT2D eigenvalue weighted by molar-refractivity contribution is 7.10. The molecular formula is C15H12N8O3S. The van der Waals surface area contributed by atoms with E-state index in [1.54, 1.807) is 13.8 Å². The number of aromatic nitrogens is 3. The number of aromatic hydroxyl groups is 2. The maximum Gasteiger partial charge on any atom is 0.366 e. The number of phenols is 2. The van der Waals surface area contributed by atoms with Gasteiger partial charge in [0.2, 0.25) is 5.69 Å². The largest absolute Gasteiger partial charge is 0.505 e. The Morgan fingerprint density at radius 2 is 1.74 bits per heavy atom. The topological polar surface area (TPSA) is 146 Å². The molecule has 0 bridgehead atoms. The van der Waals surface area contributed by atoms with Gasteiger partial charge in [0.15, 0.2) is 10.8 Å². The molecule has 2 N–H and O–H groups in total. The Bertz CT molecular complexity index is 1110. The molecule has 3 aromatic rings. The molecule has 0 spiro atoms. The number of phenolic OH excluding ortho intramolecular Hbond substituents is 2. The van der Waals surface area contributed by atoms with E-state index >= 15 is 0 Å². The van der Waals surface area contributed by atoms with E-state index in [1.807, 2.05) is 0 Å². The van der Waals surface area contributed by atoms with Gasteiger partial charge in [-0.25, -0.2) is 9.22 Å². The molecule has 1 aromatic carbocycles. The summed E-state index contributed by atoms with van der Waals surface area (Å²) in [6, 6.07) is 1.21.